The number of rotatable bonds is 7. The monoisotopic (exact) mass is 545 g/mol. The molecule has 0 bridgehead atoms. The second-order valence-corrected chi connectivity index (χ2v) is 16.4. The van der Waals surface area contributed by atoms with E-state index in [-0.39, 0.29) is 17.9 Å². The Balaban J connectivity index is 2.40. The molecule has 0 aromatic heterocycles. The van der Waals surface area contributed by atoms with Crippen LogP contribution in [-0.2, 0) is 15.8 Å². The molecular formula is C27H30F3N3O4Si. The minimum Gasteiger partial charge on any atom is -0.481 e. The van der Waals surface area contributed by atoms with Crippen LogP contribution >= 0.6 is 0 Å². The van der Waals surface area contributed by atoms with E-state index in [1.54, 1.807) is 6.92 Å². The molecule has 1 aliphatic heterocycles. The van der Waals surface area contributed by atoms with Crippen LogP contribution in [0.1, 0.15) is 36.0 Å². The Bertz CT molecular complexity index is 1310. The summed E-state index contributed by atoms with van der Waals surface area (Å²) in [5.74, 6) is -4.30. The molecule has 7 nitrogen and oxygen atoms in total. The average Bonchev–Trinajstić information content (AvgIpc) is 2.82. The van der Waals surface area contributed by atoms with E-state index in [1.165, 1.54) is 41.3 Å². The van der Waals surface area contributed by atoms with Gasteiger partial charge in [-0.05, 0) is 49.2 Å². The molecule has 38 heavy (non-hydrogen) atoms. The van der Waals surface area contributed by atoms with E-state index < -0.39 is 54.7 Å². The fraction of sp³-hybridized carbons (Fsp3) is 0.370. The van der Waals surface area contributed by atoms with Crippen molar-refractivity contribution in [3.8, 4) is 6.07 Å². The summed E-state index contributed by atoms with van der Waals surface area (Å²) in [5.41, 5.74) is 3.85. The van der Waals surface area contributed by atoms with Crippen LogP contribution in [0.15, 0.2) is 59.9 Å². The molecule has 0 fully saturated rings. The van der Waals surface area contributed by atoms with Crippen LogP contribution in [0.2, 0.25) is 25.7 Å². The van der Waals surface area contributed by atoms with Gasteiger partial charge < -0.3 is 20.8 Å². The lowest BCUT2D eigenvalue weighted by Gasteiger charge is -2.52. The molecule has 0 aliphatic carbocycles. The molecule has 2 aromatic carbocycles. The lowest BCUT2D eigenvalue weighted by molar-refractivity contribution is -0.152. The first-order valence-corrected chi connectivity index (χ1v) is 15.7. The Morgan fingerprint density at radius 3 is 2.21 bits per heavy atom. The number of alkyl halides is 3. The molecule has 202 valence electrons. The maximum Gasteiger partial charge on any atom is 0.416 e. The summed E-state index contributed by atoms with van der Waals surface area (Å²) < 4.78 is 40.6. The number of benzene rings is 2. The number of nitrogens with zero attached hydrogens (tertiary/aromatic N) is 2. The molecule has 0 amide bonds. The Morgan fingerprint density at radius 2 is 1.74 bits per heavy atom. The predicted octanol–water partition coefficient (Wildman–Crippen LogP) is 5.62. The molecule has 3 rings (SSSR count). The van der Waals surface area contributed by atoms with Crippen LogP contribution < -0.4 is 10.6 Å². The summed E-state index contributed by atoms with van der Waals surface area (Å²) in [6.07, 6.45) is -4.60. The molecule has 0 spiro atoms. The van der Waals surface area contributed by atoms with Crippen LogP contribution in [0, 0.1) is 16.7 Å². The number of hydrogen-bond acceptors (Lipinski definition) is 5. The zero-order chi connectivity index (χ0) is 28.6. The molecule has 1 aliphatic rings. The zero-order valence-electron chi connectivity index (χ0n) is 21.5. The first-order chi connectivity index (χ1) is 17.5. The molecule has 4 N–H and O–H groups in total. The Kier molecular flexibility index (Phi) is 7.71. The summed E-state index contributed by atoms with van der Waals surface area (Å²) in [6.45, 7) is 7.72. The van der Waals surface area contributed by atoms with Crippen molar-refractivity contribution >= 4 is 25.7 Å². The van der Waals surface area contributed by atoms with Crippen molar-refractivity contribution in [3.63, 3.8) is 0 Å². The van der Waals surface area contributed by atoms with E-state index in [2.05, 4.69) is 19.6 Å². The lowest BCUT2D eigenvalue weighted by atomic mass is 9.60. The van der Waals surface area contributed by atoms with Gasteiger partial charge in [0.25, 0.3) is 0 Å². The molecule has 0 saturated carbocycles. The number of hydrogen-bond donors (Lipinski definition) is 3. The highest BCUT2D eigenvalue weighted by atomic mass is 28.3. The van der Waals surface area contributed by atoms with Crippen LogP contribution in [0.25, 0.3) is 0 Å². The van der Waals surface area contributed by atoms with Crippen molar-refractivity contribution in [3.05, 3.63) is 76.6 Å². The number of carboxylic acids is 2. The fourth-order valence-electron chi connectivity index (χ4n) is 5.20. The fourth-order valence-corrected chi connectivity index (χ4v) is 6.37. The first kappa shape index (κ1) is 28.8. The minimum absolute atomic E-state index is 0.0551. The van der Waals surface area contributed by atoms with Crippen LogP contribution in [0.4, 0.5) is 18.9 Å². The van der Waals surface area contributed by atoms with Crippen molar-refractivity contribution in [2.24, 2.45) is 11.1 Å². The maximum absolute atomic E-state index is 13.5. The third-order valence-electron chi connectivity index (χ3n) is 7.21. The van der Waals surface area contributed by atoms with Gasteiger partial charge in [0, 0.05) is 25.7 Å². The number of halogens is 3. The molecule has 3 atom stereocenters. The zero-order valence-corrected chi connectivity index (χ0v) is 22.5. The average molecular weight is 546 g/mol. The molecule has 0 saturated heterocycles. The summed E-state index contributed by atoms with van der Waals surface area (Å²) in [5, 5.41) is 30.4. The van der Waals surface area contributed by atoms with Gasteiger partial charge in [0.2, 0.25) is 0 Å². The molecular weight excluding hydrogens is 515 g/mol. The topological polar surface area (TPSA) is 128 Å². The van der Waals surface area contributed by atoms with E-state index in [4.69, 9.17) is 5.73 Å². The second-order valence-electron chi connectivity index (χ2n) is 10.8. The van der Waals surface area contributed by atoms with Gasteiger partial charge in [-0.2, -0.15) is 18.4 Å². The van der Waals surface area contributed by atoms with E-state index in [0.29, 0.717) is 17.2 Å². The van der Waals surface area contributed by atoms with Crippen molar-refractivity contribution in [1.82, 2.24) is 0 Å². The number of nitrogens with two attached hydrogens (primary N) is 1. The van der Waals surface area contributed by atoms with Gasteiger partial charge in [0.15, 0.2) is 0 Å². The normalized spacial score (nSPS) is 22.2. The number of carbonyl (C=O) groups is 2. The second kappa shape index (κ2) is 10.2. The van der Waals surface area contributed by atoms with Gasteiger partial charge in [0.1, 0.15) is 5.82 Å². The molecule has 0 radical (unpaired) electrons. The van der Waals surface area contributed by atoms with Crippen LogP contribution in [-0.4, -0.2) is 36.3 Å². The van der Waals surface area contributed by atoms with Gasteiger partial charge in [0.05, 0.1) is 28.2 Å². The summed E-state index contributed by atoms with van der Waals surface area (Å²) in [4.78, 5) is 27.2. The Hall–Kier alpha value is -3.78. The maximum atomic E-state index is 13.5. The smallest absolute Gasteiger partial charge is 0.416 e. The van der Waals surface area contributed by atoms with E-state index in [9.17, 15) is 38.2 Å². The number of carboxylic acid groups (broad SMARTS) is 2. The Morgan fingerprint density at radius 1 is 1.13 bits per heavy atom. The van der Waals surface area contributed by atoms with Gasteiger partial charge in [-0.25, -0.2) is 4.79 Å². The van der Waals surface area contributed by atoms with E-state index in [1.807, 2.05) is 6.07 Å². The van der Waals surface area contributed by atoms with Gasteiger partial charge in [-0.15, -0.1) is 0 Å². The van der Waals surface area contributed by atoms with E-state index >= 15 is 0 Å². The molecule has 1 heterocycles. The Labute approximate surface area is 220 Å². The van der Waals surface area contributed by atoms with Crippen molar-refractivity contribution in [2.45, 2.75) is 57.2 Å². The highest BCUT2D eigenvalue weighted by Crippen LogP contribution is 2.55. The van der Waals surface area contributed by atoms with E-state index in [0.717, 1.165) is 12.1 Å². The molecule has 11 heteroatoms. The van der Waals surface area contributed by atoms with Crippen LogP contribution in [0.3, 0.4) is 0 Å². The number of nitriles is 1. The summed E-state index contributed by atoms with van der Waals surface area (Å²) in [6, 6.07) is 11.7. The van der Waals surface area contributed by atoms with Gasteiger partial charge in [-0.1, -0.05) is 43.9 Å². The quantitative estimate of drug-likeness (QED) is 0.385. The summed E-state index contributed by atoms with van der Waals surface area (Å²) in [7, 11) is -1.88. The van der Waals surface area contributed by atoms with Gasteiger partial charge >= 0.3 is 18.1 Å². The number of aliphatic carboxylic acids is 2. The van der Waals surface area contributed by atoms with Crippen LogP contribution in [0.5, 0.6) is 0 Å². The summed E-state index contributed by atoms with van der Waals surface area (Å²) >= 11 is 0. The number of anilines is 1. The van der Waals surface area contributed by atoms with Crippen molar-refractivity contribution in [1.29, 1.82) is 5.26 Å². The van der Waals surface area contributed by atoms with Gasteiger partial charge in [-0.3, -0.25) is 4.79 Å². The van der Waals surface area contributed by atoms with Crippen molar-refractivity contribution in [2.75, 3.05) is 4.90 Å². The molecule has 3 unspecified atom stereocenters. The third kappa shape index (κ3) is 5.27. The minimum atomic E-state index is -4.67. The first-order valence-electron chi connectivity index (χ1n) is 12.0. The largest absolute Gasteiger partial charge is 0.481 e. The standard InChI is InChI=1S/C27H30F3N3O4Si/c1-16-26(25(36)37,12-13-38(2,3)4)22(18-10-8-17(15-31)9-11-18)21(24(34)35)23(32)33(16)20-7-5-6-19(14-20)27(28,29)30/h5-11,14,16,22H,12-13,32H2,1-4H3,(H,34,35)(H,36,37). The SMILES string of the molecule is CC1N(c2cccc(C(F)(F)F)c2)C(N)=C(C(=O)O)C(c2ccc(C#N)cc2)C1(CC[Si](C)(C)C)C(=O)O. The highest BCUT2D eigenvalue weighted by Gasteiger charge is 2.59. The lowest BCUT2D eigenvalue weighted by Crippen LogP contribution is -2.60. The van der Waals surface area contributed by atoms with Crippen molar-refractivity contribution < 1.29 is 33.0 Å². The predicted molar refractivity (Wildman–Crippen MR) is 139 cm³/mol. The highest BCUT2D eigenvalue weighted by molar-refractivity contribution is 6.76. The third-order valence-corrected chi connectivity index (χ3v) is 8.96. The molecule has 2 aromatic rings.